The van der Waals surface area contributed by atoms with Crippen LogP contribution in [-0.2, 0) is 28.6 Å². The fraction of sp³-hybridized carbons (Fsp3) is 0.783. The Morgan fingerprint density at radius 3 is 0.813 bits per heavy atom. The van der Waals surface area contributed by atoms with Crippen LogP contribution in [0.2, 0.25) is 0 Å². The Bertz CT molecular complexity index is 1390. The smallest absolute Gasteiger partial charge is 0.306 e. The molecule has 0 N–H and O–H groups in total. The summed E-state index contributed by atoms with van der Waals surface area (Å²) in [6.45, 7) is 6.55. The van der Waals surface area contributed by atoms with Crippen molar-refractivity contribution in [3.05, 3.63) is 72.9 Å². The molecule has 0 aromatic carbocycles. The van der Waals surface area contributed by atoms with E-state index in [1.54, 1.807) is 0 Å². The summed E-state index contributed by atoms with van der Waals surface area (Å²) in [4.78, 5) is 38.2. The zero-order chi connectivity index (χ0) is 54.3. The predicted octanol–water partition coefficient (Wildman–Crippen LogP) is 22.1. The molecular weight excluding hydrogens is 925 g/mol. The molecule has 0 saturated carbocycles. The number of rotatable bonds is 59. The molecule has 1 unspecified atom stereocenters. The first-order valence-corrected chi connectivity index (χ1v) is 32.4. The molecular formula is C69H122O6. The lowest BCUT2D eigenvalue weighted by Crippen LogP contribution is -2.30. The summed E-state index contributed by atoms with van der Waals surface area (Å²) in [7, 11) is 0. The van der Waals surface area contributed by atoms with Gasteiger partial charge in [0.15, 0.2) is 6.10 Å². The Hall–Kier alpha value is -3.15. The number of ether oxygens (including phenoxy) is 3. The fourth-order valence-corrected chi connectivity index (χ4v) is 9.39. The first kappa shape index (κ1) is 71.8. The van der Waals surface area contributed by atoms with Crippen molar-refractivity contribution < 1.29 is 28.6 Å². The van der Waals surface area contributed by atoms with Gasteiger partial charge in [-0.25, -0.2) is 0 Å². The molecule has 6 heteroatoms. The van der Waals surface area contributed by atoms with Gasteiger partial charge in [0.25, 0.3) is 0 Å². The van der Waals surface area contributed by atoms with Crippen LogP contribution in [0.1, 0.15) is 329 Å². The van der Waals surface area contributed by atoms with Gasteiger partial charge in [0.1, 0.15) is 13.2 Å². The summed E-state index contributed by atoms with van der Waals surface area (Å²) in [6, 6.07) is 0. The zero-order valence-corrected chi connectivity index (χ0v) is 49.8. The minimum atomic E-state index is -0.771. The highest BCUT2D eigenvalue weighted by Gasteiger charge is 2.19. The van der Waals surface area contributed by atoms with Gasteiger partial charge in [-0.2, -0.15) is 0 Å². The molecule has 0 aromatic rings. The van der Waals surface area contributed by atoms with Crippen LogP contribution in [0.4, 0.5) is 0 Å². The van der Waals surface area contributed by atoms with Crippen LogP contribution < -0.4 is 0 Å². The first-order chi connectivity index (χ1) is 37.0. The normalized spacial score (nSPS) is 12.5. The number of esters is 3. The Morgan fingerprint density at radius 1 is 0.280 bits per heavy atom. The zero-order valence-electron chi connectivity index (χ0n) is 49.8. The summed E-state index contributed by atoms with van der Waals surface area (Å²) in [5.41, 5.74) is 0. The molecule has 0 aliphatic carbocycles. The molecule has 6 nitrogen and oxygen atoms in total. The molecule has 0 aliphatic heterocycles. The minimum absolute atomic E-state index is 0.0700. The van der Waals surface area contributed by atoms with Crippen LogP contribution in [0.5, 0.6) is 0 Å². The van der Waals surface area contributed by atoms with Crippen molar-refractivity contribution in [3.63, 3.8) is 0 Å². The standard InChI is InChI=1S/C69H122O6/c1-4-7-10-13-16-19-21-23-25-27-28-29-30-31-32-33-34-35-36-37-38-39-40-42-43-45-47-50-53-56-59-62-68(71)74-65-66(64-73-67(70)61-58-55-52-49-18-15-12-9-6-3)75-69(72)63-60-57-54-51-48-46-44-41-26-24-22-20-17-14-11-8-5-2/h7,10,16,19,23,25,28-29,31-32,34-35,66H,4-6,8-9,11-15,17-18,20-22,24,26-27,30,33,36-65H2,1-3H3/b10-7-,19-16-,25-23-,29-28-,32-31-,35-34-. The summed E-state index contributed by atoms with van der Waals surface area (Å²) >= 11 is 0. The average molecular weight is 1050 g/mol. The van der Waals surface area contributed by atoms with Gasteiger partial charge in [0, 0.05) is 19.3 Å². The predicted molar refractivity (Wildman–Crippen MR) is 325 cm³/mol. The quantitative estimate of drug-likeness (QED) is 0.0261. The van der Waals surface area contributed by atoms with Gasteiger partial charge in [-0.1, -0.05) is 312 Å². The van der Waals surface area contributed by atoms with E-state index in [-0.39, 0.29) is 31.1 Å². The minimum Gasteiger partial charge on any atom is -0.462 e. The highest BCUT2D eigenvalue weighted by Crippen LogP contribution is 2.17. The van der Waals surface area contributed by atoms with Gasteiger partial charge in [0.05, 0.1) is 0 Å². The van der Waals surface area contributed by atoms with Gasteiger partial charge >= 0.3 is 17.9 Å². The number of hydrogen-bond donors (Lipinski definition) is 0. The SMILES string of the molecule is CC/C=C\C/C=C\C/C=C\C/C=C\C/C=C\C/C=C\CCCCCCCCCCCCCCC(=O)OCC(COC(=O)CCCCCCCCCCC)OC(=O)CCCCCCCCCCCCCCCCCCC. The number of unbranched alkanes of at least 4 members (excludes halogenated alkanes) is 36. The van der Waals surface area contributed by atoms with Crippen LogP contribution in [0, 0.1) is 0 Å². The maximum Gasteiger partial charge on any atom is 0.306 e. The highest BCUT2D eigenvalue weighted by molar-refractivity contribution is 5.71. The van der Waals surface area contributed by atoms with E-state index >= 15 is 0 Å². The first-order valence-electron chi connectivity index (χ1n) is 32.4. The molecule has 0 spiro atoms. The number of carbonyl (C=O) groups is 3. The van der Waals surface area contributed by atoms with E-state index in [2.05, 4.69) is 93.7 Å². The summed E-state index contributed by atoms with van der Waals surface area (Å²) in [5, 5.41) is 0. The second-order valence-corrected chi connectivity index (χ2v) is 21.7. The summed E-state index contributed by atoms with van der Waals surface area (Å²) in [6.07, 6.45) is 82.1. The van der Waals surface area contributed by atoms with E-state index in [4.69, 9.17) is 14.2 Å². The van der Waals surface area contributed by atoms with Crippen molar-refractivity contribution in [1.29, 1.82) is 0 Å². The molecule has 0 aromatic heterocycles. The Labute approximate surface area is 465 Å². The monoisotopic (exact) mass is 1050 g/mol. The molecule has 0 bridgehead atoms. The Balaban J connectivity index is 4.13. The molecule has 0 amide bonds. The second kappa shape index (κ2) is 63.4. The van der Waals surface area contributed by atoms with Crippen LogP contribution in [0.3, 0.4) is 0 Å². The molecule has 1 atom stereocenters. The van der Waals surface area contributed by atoms with E-state index < -0.39 is 6.10 Å². The van der Waals surface area contributed by atoms with Crippen LogP contribution in [0.25, 0.3) is 0 Å². The largest absolute Gasteiger partial charge is 0.462 e. The molecule has 0 rings (SSSR count). The molecule has 0 fully saturated rings. The van der Waals surface area contributed by atoms with Crippen molar-refractivity contribution in [2.75, 3.05) is 13.2 Å². The lowest BCUT2D eigenvalue weighted by Gasteiger charge is -2.18. The molecule has 0 radical (unpaired) electrons. The van der Waals surface area contributed by atoms with Crippen molar-refractivity contribution in [2.24, 2.45) is 0 Å². The van der Waals surface area contributed by atoms with Gasteiger partial charge in [-0.3, -0.25) is 14.4 Å². The average Bonchev–Trinajstić information content (AvgIpc) is 3.41. The highest BCUT2D eigenvalue weighted by atomic mass is 16.6. The van der Waals surface area contributed by atoms with Gasteiger partial charge < -0.3 is 14.2 Å². The third-order valence-electron chi connectivity index (χ3n) is 14.2. The van der Waals surface area contributed by atoms with Gasteiger partial charge in [-0.05, 0) is 70.6 Å². The van der Waals surface area contributed by atoms with Crippen molar-refractivity contribution in [2.45, 2.75) is 335 Å². The second-order valence-electron chi connectivity index (χ2n) is 21.7. The van der Waals surface area contributed by atoms with Crippen molar-refractivity contribution >= 4 is 17.9 Å². The maximum atomic E-state index is 12.9. The molecule has 0 aliphatic rings. The third kappa shape index (κ3) is 61.6. The molecule has 75 heavy (non-hydrogen) atoms. The van der Waals surface area contributed by atoms with E-state index in [0.717, 1.165) is 96.3 Å². The number of hydrogen-bond acceptors (Lipinski definition) is 6. The topological polar surface area (TPSA) is 78.9 Å². The lowest BCUT2D eigenvalue weighted by atomic mass is 10.0. The maximum absolute atomic E-state index is 12.9. The number of carbonyl (C=O) groups excluding carboxylic acids is 3. The molecule has 434 valence electrons. The molecule has 0 heterocycles. The number of allylic oxidation sites excluding steroid dienone is 12. The van der Waals surface area contributed by atoms with Gasteiger partial charge in [0.2, 0.25) is 0 Å². The van der Waals surface area contributed by atoms with Gasteiger partial charge in [-0.15, -0.1) is 0 Å². The Morgan fingerprint density at radius 2 is 0.520 bits per heavy atom. The van der Waals surface area contributed by atoms with Crippen LogP contribution >= 0.6 is 0 Å². The van der Waals surface area contributed by atoms with Crippen molar-refractivity contribution in [1.82, 2.24) is 0 Å². The van der Waals surface area contributed by atoms with Crippen LogP contribution in [0.15, 0.2) is 72.9 Å². The van der Waals surface area contributed by atoms with E-state index in [9.17, 15) is 14.4 Å². The lowest BCUT2D eigenvalue weighted by molar-refractivity contribution is -0.167. The van der Waals surface area contributed by atoms with E-state index in [1.165, 1.54) is 193 Å². The summed E-state index contributed by atoms with van der Waals surface area (Å²) in [5.74, 6) is -0.857. The Kier molecular flexibility index (Phi) is 60.7. The fourth-order valence-electron chi connectivity index (χ4n) is 9.39. The summed E-state index contributed by atoms with van der Waals surface area (Å²) < 4.78 is 16.9. The van der Waals surface area contributed by atoms with E-state index in [1.807, 2.05) is 0 Å². The third-order valence-corrected chi connectivity index (χ3v) is 14.2. The van der Waals surface area contributed by atoms with Crippen molar-refractivity contribution in [3.8, 4) is 0 Å². The van der Waals surface area contributed by atoms with E-state index in [0.29, 0.717) is 19.3 Å². The molecule has 0 saturated heterocycles. The van der Waals surface area contributed by atoms with Crippen LogP contribution in [-0.4, -0.2) is 37.2 Å².